The highest BCUT2D eigenvalue weighted by atomic mass is 32.1. The average Bonchev–Trinajstić information content (AvgIpc) is 2.79. The number of hydrogen-bond acceptors (Lipinski definition) is 4. The van der Waals surface area contributed by atoms with Gasteiger partial charge in [-0.15, -0.1) is 11.3 Å². The van der Waals surface area contributed by atoms with Crippen molar-refractivity contribution in [1.29, 1.82) is 0 Å². The van der Waals surface area contributed by atoms with Gasteiger partial charge in [0.15, 0.2) is 0 Å². The minimum atomic E-state index is -1.27. The monoisotopic (exact) mass is 256 g/mol. The van der Waals surface area contributed by atoms with Gasteiger partial charge in [0.1, 0.15) is 11.6 Å². The smallest absolute Gasteiger partial charge is 0.329 e. The minimum Gasteiger partial charge on any atom is -0.480 e. The van der Waals surface area contributed by atoms with E-state index in [1.165, 1.54) is 37.1 Å². The average molecular weight is 256 g/mol. The normalized spacial score (nSPS) is 13.2. The second kappa shape index (κ2) is 4.85. The van der Waals surface area contributed by atoms with Crippen LogP contribution >= 0.6 is 11.3 Å². The van der Waals surface area contributed by atoms with E-state index < -0.39 is 23.5 Å². The Kier molecular flexibility index (Phi) is 3.90. The zero-order valence-corrected chi connectivity index (χ0v) is 10.8. The van der Waals surface area contributed by atoms with Crippen LogP contribution in [0.1, 0.15) is 24.8 Å². The molecule has 0 aliphatic heterocycles. The molecule has 17 heavy (non-hydrogen) atoms. The summed E-state index contributed by atoms with van der Waals surface area (Å²) in [5.41, 5.74) is 4.54. The van der Waals surface area contributed by atoms with Crippen LogP contribution in [0.5, 0.6) is 0 Å². The van der Waals surface area contributed by atoms with Gasteiger partial charge in [-0.25, -0.2) is 4.79 Å². The number of aliphatic carboxylic acids is 1. The van der Waals surface area contributed by atoms with E-state index in [1.54, 1.807) is 12.1 Å². The molecular formula is C11H16N2O3S. The molecule has 1 aromatic heterocycles. The number of thiophene rings is 1. The third-order valence-corrected chi connectivity index (χ3v) is 3.76. The summed E-state index contributed by atoms with van der Waals surface area (Å²) >= 11 is 1.38. The number of nitrogens with two attached hydrogens (primary N) is 1. The lowest BCUT2D eigenvalue weighted by atomic mass is 10.0. The van der Waals surface area contributed by atoms with E-state index in [4.69, 9.17) is 10.8 Å². The van der Waals surface area contributed by atoms with Gasteiger partial charge in [-0.2, -0.15) is 0 Å². The van der Waals surface area contributed by atoms with Gasteiger partial charge in [0.2, 0.25) is 5.91 Å². The number of carboxylic acids is 1. The molecule has 0 saturated carbocycles. The Morgan fingerprint density at radius 1 is 1.53 bits per heavy atom. The zero-order valence-electron chi connectivity index (χ0n) is 10.0. The standard InChI is InChI=1S/C11H16N2O3S/c1-11(2,10(15)16)13(3)9(14)8(12)7-5-4-6-17-7/h4-6,8H,12H2,1-3H3,(H,15,16). The van der Waals surface area contributed by atoms with Crippen LogP contribution in [0.15, 0.2) is 17.5 Å². The highest BCUT2D eigenvalue weighted by Gasteiger charge is 2.37. The van der Waals surface area contributed by atoms with Gasteiger partial charge in [-0.1, -0.05) is 6.07 Å². The van der Waals surface area contributed by atoms with Gasteiger partial charge in [0.05, 0.1) is 0 Å². The second-order valence-electron chi connectivity index (χ2n) is 4.25. The fraction of sp³-hybridized carbons (Fsp3) is 0.455. The molecule has 0 aromatic carbocycles. The molecular weight excluding hydrogens is 240 g/mol. The minimum absolute atomic E-state index is 0.403. The summed E-state index contributed by atoms with van der Waals surface area (Å²) in [6, 6.07) is 2.75. The van der Waals surface area contributed by atoms with E-state index in [2.05, 4.69) is 0 Å². The number of amides is 1. The van der Waals surface area contributed by atoms with Crippen molar-refractivity contribution in [3.63, 3.8) is 0 Å². The topological polar surface area (TPSA) is 83.6 Å². The van der Waals surface area contributed by atoms with Crippen molar-refractivity contribution in [2.75, 3.05) is 7.05 Å². The highest BCUT2D eigenvalue weighted by Crippen LogP contribution is 2.22. The number of rotatable bonds is 4. The number of nitrogens with zero attached hydrogens (tertiary/aromatic N) is 1. The summed E-state index contributed by atoms with van der Waals surface area (Å²) in [6.45, 7) is 2.93. The Hall–Kier alpha value is -1.40. The van der Waals surface area contributed by atoms with Gasteiger partial charge in [0, 0.05) is 11.9 Å². The zero-order chi connectivity index (χ0) is 13.2. The molecule has 6 heteroatoms. The fourth-order valence-electron chi connectivity index (χ4n) is 1.22. The van der Waals surface area contributed by atoms with Crippen LogP contribution in [0, 0.1) is 0 Å². The number of hydrogen-bond donors (Lipinski definition) is 2. The summed E-state index contributed by atoms with van der Waals surface area (Å²) in [6.07, 6.45) is 0. The molecule has 0 aliphatic carbocycles. The number of likely N-dealkylation sites (N-methyl/N-ethyl adjacent to an activating group) is 1. The molecule has 0 aliphatic rings. The lowest BCUT2D eigenvalue weighted by Crippen LogP contribution is -2.53. The molecule has 1 aromatic rings. The van der Waals surface area contributed by atoms with Gasteiger partial charge in [-0.05, 0) is 25.3 Å². The molecule has 3 N–H and O–H groups in total. The summed E-state index contributed by atoms with van der Waals surface area (Å²) in [4.78, 5) is 25.0. The van der Waals surface area contributed by atoms with E-state index >= 15 is 0 Å². The first kappa shape index (κ1) is 13.7. The maximum absolute atomic E-state index is 12.0. The van der Waals surface area contributed by atoms with Gasteiger partial charge >= 0.3 is 5.97 Å². The Morgan fingerprint density at radius 3 is 2.53 bits per heavy atom. The van der Waals surface area contributed by atoms with Crippen LogP contribution < -0.4 is 5.73 Å². The summed E-state index contributed by atoms with van der Waals surface area (Å²) in [7, 11) is 1.45. The summed E-state index contributed by atoms with van der Waals surface area (Å²) in [5.74, 6) is -1.47. The summed E-state index contributed by atoms with van der Waals surface area (Å²) in [5, 5.41) is 10.9. The number of carbonyl (C=O) groups is 2. The number of carbonyl (C=O) groups excluding carboxylic acids is 1. The van der Waals surface area contributed by atoms with Crippen molar-refractivity contribution in [3.05, 3.63) is 22.4 Å². The van der Waals surface area contributed by atoms with Crippen LogP contribution in [0.4, 0.5) is 0 Å². The first-order valence-electron chi connectivity index (χ1n) is 5.08. The molecule has 0 spiro atoms. The molecule has 0 radical (unpaired) electrons. The maximum atomic E-state index is 12.0. The molecule has 1 atom stereocenters. The van der Waals surface area contributed by atoms with Gasteiger partial charge in [0.25, 0.3) is 0 Å². The highest BCUT2D eigenvalue weighted by molar-refractivity contribution is 7.10. The van der Waals surface area contributed by atoms with Crippen LogP contribution in [0.2, 0.25) is 0 Å². The molecule has 94 valence electrons. The molecule has 1 amide bonds. The predicted octanol–water partition coefficient (Wildman–Crippen LogP) is 1.07. The quantitative estimate of drug-likeness (QED) is 0.844. The van der Waals surface area contributed by atoms with Crippen LogP contribution in [-0.2, 0) is 9.59 Å². The summed E-state index contributed by atoms with van der Waals surface area (Å²) < 4.78 is 0. The van der Waals surface area contributed by atoms with E-state index in [9.17, 15) is 9.59 Å². The molecule has 1 rings (SSSR count). The Labute approximate surface area is 104 Å². The largest absolute Gasteiger partial charge is 0.480 e. The Bertz CT molecular complexity index is 414. The van der Waals surface area contributed by atoms with Crippen molar-refractivity contribution in [2.45, 2.75) is 25.4 Å². The van der Waals surface area contributed by atoms with Gasteiger partial charge < -0.3 is 15.7 Å². The second-order valence-corrected chi connectivity index (χ2v) is 5.23. The predicted molar refractivity (Wildman–Crippen MR) is 65.7 cm³/mol. The van der Waals surface area contributed by atoms with Crippen molar-refractivity contribution in [3.8, 4) is 0 Å². The molecule has 0 fully saturated rings. The van der Waals surface area contributed by atoms with E-state index in [-0.39, 0.29) is 0 Å². The Balaban J connectivity index is 2.87. The lowest BCUT2D eigenvalue weighted by Gasteiger charge is -2.33. The van der Waals surface area contributed by atoms with E-state index in [1.807, 2.05) is 5.38 Å². The first-order chi connectivity index (χ1) is 7.78. The maximum Gasteiger partial charge on any atom is 0.329 e. The molecule has 5 nitrogen and oxygen atoms in total. The molecule has 1 unspecified atom stereocenters. The van der Waals surface area contributed by atoms with Crippen LogP contribution in [0.3, 0.4) is 0 Å². The molecule has 0 bridgehead atoms. The van der Waals surface area contributed by atoms with Crippen LogP contribution in [-0.4, -0.2) is 34.5 Å². The first-order valence-corrected chi connectivity index (χ1v) is 5.96. The SMILES string of the molecule is CN(C(=O)C(N)c1cccs1)C(C)(C)C(=O)O. The van der Waals surface area contributed by atoms with Crippen molar-refractivity contribution < 1.29 is 14.7 Å². The molecule has 1 heterocycles. The lowest BCUT2D eigenvalue weighted by molar-refractivity contribution is -0.155. The van der Waals surface area contributed by atoms with E-state index in [0.29, 0.717) is 0 Å². The molecule has 0 saturated heterocycles. The van der Waals surface area contributed by atoms with E-state index in [0.717, 1.165) is 4.88 Å². The van der Waals surface area contributed by atoms with Gasteiger partial charge in [-0.3, -0.25) is 4.79 Å². The number of carboxylic acid groups (broad SMARTS) is 1. The Morgan fingerprint density at radius 2 is 2.12 bits per heavy atom. The fourth-order valence-corrected chi connectivity index (χ4v) is 1.94. The third-order valence-electron chi connectivity index (χ3n) is 2.81. The third kappa shape index (κ3) is 2.65. The van der Waals surface area contributed by atoms with Crippen molar-refractivity contribution in [1.82, 2.24) is 4.90 Å². The van der Waals surface area contributed by atoms with Crippen LogP contribution in [0.25, 0.3) is 0 Å². The van der Waals surface area contributed by atoms with Crippen molar-refractivity contribution >= 4 is 23.2 Å². The van der Waals surface area contributed by atoms with Crippen molar-refractivity contribution in [2.24, 2.45) is 5.73 Å².